The van der Waals surface area contributed by atoms with Crippen LogP contribution in [0, 0.1) is 6.92 Å². The van der Waals surface area contributed by atoms with Crippen molar-refractivity contribution >= 4 is 23.0 Å². The van der Waals surface area contributed by atoms with Crippen molar-refractivity contribution in [2.24, 2.45) is 5.10 Å². The van der Waals surface area contributed by atoms with E-state index in [4.69, 9.17) is 0 Å². The Morgan fingerprint density at radius 3 is 2.71 bits per heavy atom. The Hall–Kier alpha value is -3.67. The van der Waals surface area contributed by atoms with Gasteiger partial charge in [0, 0.05) is 40.0 Å². The second-order valence-electron chi connectivity index (χ2n) is 7.83. The number of aryl methyl sites for hydroxylation is 1. The summed E-state index contributed by atoms with van der Waals surface area (Å²) in [6, 6.07) is 18.2. The molecule has 156 valence electrons. The van der Waals surface area contributed by atoms with E-state index in [-0.39, 0.29) is 5.91 Å². The van der Waals surface area contributed by atoms with Gasteiger partial charge in [0.1, 0.15) is 0 Å². The Morgan fingerprint density at radius 1 is 1.13 bits per heavy atom. The van der Waals surface area contributed by atoms with E-state index in [0.717, 1.165) is 59.4 Å². The molecule has 6 heteroatoms. The van der Waals surface area contributed by atoms with Crippen LogP contribution in [-0.4, -0.2) is 26.5 Å². The molecule has 2 aromatic carbocycles. The highest BCUT2D eigenvalue weighted by atomic mass is 16.2. The largest absolute Gasteiger partial charge is 0.344 e. The van der Waals surface area contributed by atoms with Gasteiger partial charge in [-0.15, -0.1) is 0 Å². The lowest BCUT2D eigenvalue weighted by Gasteiger charge is -2.04. The van der Waals surface area contributed by atoms with Crippen LogP contribution in [0.1, 0.15) is 46.3 Å². The molecule has 5 rings (SSSR count). The zero-order chi connectivity index (χ0) is 21.4. The summed E-state index contributed by atoms with van der Waals surface area (Å²) in [6.07, 6.45) is 4.59. The van der Waals surface area contributed by atoms with Gasteiger partial charge in [-0.3, -0.25) is 4.79 Å². The van der Waals surface area contributed by atoms with Crippen molar-refractivity contribution in [3.8, 4) is 5.69 Å². The van der Waals surface area contributed by atoms with E-state index in [1.165, 1.54) is 5.52 Å². The predicted octanol–water partition coefficient (Wildman–Crippen LogP) is 4.41. The highest BCUT2D eigenvalue weighted by Gasteiger charge is 2.26. The highest BCUT2D eigenvalue weighted by Crippen LogP contribution is 2.28. The first-order valence-corrected chi connectivity index (χ1v) is 10.8. The third-order valence-corrected chi connectivity index (χ3v) is 6.10. The Balaban J connectivity index is 1.43. The van der Waals surface area contributed by atoms with Gasteiger partial charge in [-0.25, -0.2) is 10.1 Å². The molecule has 1 aliphatic carbocycles. The SMILES string of the molecule is CCn1c(C)c(/C=N/NC(=O)c2nn(-c3ccccc3)c3c2CCC3)c2ccccc21. The van der Waals surface area contributed by atoms with Crippen LogP contribution in [0.5, 0.6) is 0 Å². The minimum absolute atomic E-state index is 0.263. The standard InChI is InChI=1S/C25H25N5O/c1-3-29-17(2)21(19-12-7-8-14-22(19)29)16-26-27-25(31)24-20-13-9-15-23(20)30(28-24)18-10-5-4-6-11-18/h4-8,10-12,14,16H,3,9,13,15H2,1-2H3,(H,27,31)/b26-16+. The first kappa shape index (κ1) is 19.3. The van der Waals surface area contributed by atoms with Crippen molar-refractivity contribution in [2.45, 2.75) is 39.7 Å². The average molecular weight is 412 g/mol. The monoisotopic (exact) mass is 411 g/mol. The minimum Gasteiger partial charge on any atom is -0.344 e. The van der Waals surface area contributed by atoms with Gasteiger partial charge >= 0.3 is 0 Å². The number of fused-ring (bicyclic) bond motifs is 2. The molecule has 0 bridgehead atoms. The summed E-state index contributed by atoms with van der Waals surface area (Å²) in [7, 11) is 0. The van der Waals surface area contributed by atoms with Crippen LogP contribution in [0.25, 0.3) is 16.6 Å². The second kappa shape index (κ2) is 7.87. The van der Waals surface area contributed by atoms with Gasteiger partial charge in [-0.05, 0) is 51.3 Å². The van der Waals surface area contributed by atoms with E-state index in [0.29, 0.717) is 5.69 Å². The number of nitrogens with one attached hydrogen (secondary N) is 1. The van der Waals surface area contributed by atoms with Crippen molar-refractivity contribution in [3.63, 3.8) is 0 Å². The molecule has 2 aromatic heterocycles. The molecule has 1 aliphatic rings. The highest BCUT2D eigenvalue weighted by molar-refractivity contribution is 6.02. The van der Waals surface area contributed by atoms with E-state index < -0.39 is 0 Å². The number of carbonyl (C=O) groups is 1. The third kappa shape index (κ3) is 3.24. The summed E-state index contributed by atoms with van der Waals surface area (Å²) in [5.74, 6) is -0.263. The quantitative estimate of drug-likeness (QED) is 0.391. The average Bonchev–Trinajstić information content (AvgIpc) is 3.47. The van der Waals surface area contributed by atoms with Crippen LogP contribution in [-0.2, 0) is 19.4 Å². The van der Waals surface area contributed by atoms with Crippen LogP contribution in [0.4, 0.5) is 0 Å². The molecule has 0 atom stereocenters. The maximum Gasteiger partial charge on any atom is 0.292 e. The Kier molecular flexibility index (Phi) is 4.90. The van der Waals surface area contributed by atoms with Gasteiger partial charge in [0.15, 0.2) is 5.69 Å². The topological polar surface area (TPSA) is 64.2 Å². The smallest absolute Gasteiger partial charge is 0.292 e. The maximum atomic E-state index is 12.9. The molecule has 0 saturated heterocycles. The number of hydrogen-bond acceptors (Lipinski definition) is 3. The fourth-order valence-corrected chi connectivity index (χ4v) is 4.64. The van der Waals surface area contributed by atoms with Crippen LogP contribution >= 0.6 is 0 Å². The first-order chi connectivity index (χ1) is 15.2. The zero-order valence-electron chi connectivity index (χ0n) is 17.8. The van der Waals surface area contributed by atoms with Crippen LogP contribution in [0.3, 0.4) is 0 Å². The molecule has 0 saturated carbocycles. The summed E-state index contributed by atoms with van der Waals surface area (Å²) in [4.78, 5) is 12.9. The summed E-state index contributed by atoms with van der Waals surface area (Å²) in [6.45, 7) is 5.10. The number of carbonyl (C=O) groups excluding carboxylic acids is 1. The Morgan fingerprint density at radius 2 is 1.90 bits per heavy atom. The lowest BCUT2D eigenvalue weighted by Crippen LogP contribution is -2.20. The fourth-order valence-electron chi connectivity index (χ4n) is 4.64. The van der Waals surface area contributed by atoms with Gasteiger partial charge in [-0.1, -0.05) is 36.4 Å². The lowest BCUT2D eigenvalue weighted by molar-refractivity contribution is 0.0949. The van der Waals surface area contributed by atoms with Crippen LogP contribution in [0.15, 0.2) is 59.7 Å². The summed E-state index contributed by atoms with van der Waals surface area (Å²) in [5.41, 5.74) is 9.66. The molecular weight excluding hydrogens is 386 g/mol. The molecule has 0 aliphatic heterocycles. The zero-order valence-corrected chi connectivity index (χ0v) is 17.8. The summed E-state index contributed by atoms with van der Waals surface area (Å²) >= 11 is 0. The molecule has 2 heterocycles. The van der Waals surface area contributed by atoms with Crippen LogP contribution in [0.2, 0.25) is 0 Å². The van der Waals surface area contributed by atoms with Gasteiger partial charge in [-0.2, -0.15) is 10.2 Å². The van der Waals surface area contributed by atoms with Crippen molar-refractivity contribution in [1.29, 1.82) is 0 Å². The van der Waals surface area contributed by atoms with Gasteiger partial charge < -0.3 is 4.57 Å². The molecule has 0 unspecified atom stereocenters. The van der Waals surface area contributed by atoms with Gasteiger partial charge in [0.25, 0.3) is 5.91 Å². The molecule has 0 fully saturated rings. The lowest BCUT2D eigenvalue weighted by atomic mass is 10.1. The molecule has 6 nitrogen and oxygen atoms in total. The summed E-state index contributed by atoms with van der Waals surface area (Å²) < 4.78 is 4.16. The van der Waals surface area contributed by atoms with E-state index in [2.05, 4.69) is 46.2 Å². The third-order valence-electron chi connectivity index (χ3n) is 6.10. The number of aromatic nitrogens is 3. The number of rotatable bonds is 5. The number of amides is 1. The molecule has 1 N–H and O–H groups in total. The molecular formula is C25H25N5O. The summed E-state index contributed by atoms with van der Waals surface area (Å²) in [5, 5.41) is 10.1. The fraction of sp³-hybridized carbons (Fsp3) is 0.240. The number of para-hydroxylation sites is 2. The van der Waals surface area contributed by atoms with Crippen molar-refractivity contribution in [2.75, 3.05) is 0 Å². The minimum atomic E-state index is -0.263. The van der Waals surface area contributed by atoms with E-state index in [1.54, 1.807) is 6.21 Å². The van der Waals surface area contributed by atoms with E-state index in [9.17, 15) is 4.79 Å². The van der Waals surface area contributed by atoms with Crippen molar-refractivity contribution in [3.05, 3.63) is 82.8 Å². The molecule has 0 radical (unpaired) electrons. The molecule has 31 heavy (non-hydrogen) atoms. The maximum absolute atomic E-state index is 12.9. The van der Waals surface area contributed by atoms with Crippen molar-refractivity contribution in [1.82, 2.24) is 19.8 Å². The van der Waals surface area contributed by atoms with Gasteiger partial charge in [0.05, 0.1) is 11.9 Å². The number of hydrogen-bond donors (Lipinski definition) is 1. The number of hydrazone groups is 1. The van der Waals surface area contributed by atoms with E-state index >= 15 is 0 Å². The van der Waals surface area contributed by atoms with E-state index in [1.807, 2.05) is 47.1 Å². The second-order valence-corrected chi connectivity index (χ2v) is 7.83. The first-order valence-electron chi connectivity index (χ1n) is 10.8. The number of nitrogens with zero attached hydrogens (tertiary/aromatic N) is 4. The molecule has 1 amide bonds. The van der Waals surface area contributed by atoms with Crippen molar-refractivity contribution < 1.29 is 4.79 Å². The van der Waals surface area contributed by atoms with Crippen LogP contribution < -0.4 is 5.43 Å². The molecule has 0 spiro atoms. The predicted molar refractivity (Wildman–Crippen MR) is 123 cm³/mol. The molecule has 4 aromatic rings. The Bertz CT molecular complexity index is 1300. The normalized spacial score (nSPS) is 13.2. The van der Waals surface area contributed by atoms with Gasteiger partial charge in [0.2, 0.25) is 0 Å². The Labute approximate surface area is 181 Å². The number of benzene rings is 2.